The molecule has 0 aliphatic carbocycles. The van der Waals surface area contributed by atoms with Gasteiger partial charge in [0.25, 0.3) is 0 Å². The third kappa shape index (κ3) is 43.9. The van der Waals surface area contributed by atoms with Crippen molar-refractivity contribution in [3.05, 3.63) is 0 Å². The van der Waals surface area contributed by atoms with Crippen LogP contribution in [0, 0.1) is 0 Å². The van der Waals surface area contributed by atoms with Crippen molar-refractivity contribution >= 4 is 0 Å². The van der Waals surface area contributed by atoms with Crippen LogP contribution in [0.3, 0.4) is 0 Å². The monoisotopic (exact) mass is 117 g/mol. The summed E-state index contributed by atoms with van der Waals surface area (Å²) in [6.45, 7) is 0. The van der Waals surface area contributed by atoms with E-state index in [0.717, 1.165) is 0 Å². The van der Waals surface area contributed by atoms with E-state index in [4.69, 9.17) is 0 Å². The van der Waals surface area contributed by atoms with Gasteiger partial charge in [0.2, 0.25) is 0 Å². The molecule has 0 heterocycles. The van der Waals surface area contributed by atoms with Gasteiger partial charge in [-0.15, -0.1) is 0 Å². The average Bonchev–Trinajstić information content (AvgIpc) is 0. The second-order valence-electron chi connectivity index (χ2n) is 0. The largest absolute Gasteiger partial charge is 2.00 e. The first kappa shape index (κ1) is 531. The fourth-order valence-electron chi connectivity index (χ4n) is 0. The van der Waals surface area contributed by atoms with Gasteiger partial charge < -0.3 is 14.1 Å². The molecule has 0 saturated carbocycles. The Balaban J connectivity index is 0. The molecule has 0 N–H and O–H groups in total. The van der Waals surface area contributed by atoms with Gasteiger partial charge in [0.15, 0.2) is 0 Å². The van der Waals surface area contributed by atoms with Crippen LogP contribution in [0.15, 0.2) is 0 Å². The van der Waals surface area contributed by atoms with Gasteiger partial charge in [-0.25, -0.2) is 0 Å². The quantitative estimate of drug-likeness (QED) is 0.295. The summed E-state index contributed by atoms with van der Waals surface area (Å²) >= 11 is 0. The van der Waals surface area contributed by atoms with Crippen LogP contribution in [0.1, 0.15) is 1.43 Å². The Kier molecular flexibility index (Phi) is 26300. The molecule has 0 amide bonds. The minimum absolute atomic E-state index is 0. The van der Waals surface area contributed by atoms with Gasteiger partial charge in [-0.1, -0.05) is 0 Å². The second-order valence-corrected chi connectivity index (χ2v) is 0. The summed E-state index contributed by atoms with van der Waals surface area (Å²) < 4.78 is 0. The second kappa shape index (κ2) is 198. The molecule has 0 atom stereocenters. The van der Waals surface area contributed by atoms with E-state index in [2.05, 4.69) is 0 Å². The van der Waals surface area contributed by atoms with Crippen LogP contribution in [0.4, 0.5) is 0 Å². The van der Waals surface area contributed by atoms with Gasteiger partial charge >= 0.3 is 18.2 Å². The minimum Gasteiger partial charge on any atom is -1.00 e. The van der Waals surface area contributed by atoms with E-state index in [-0.39, 0.29) is 32.3 Å². The molecule has 0 aromatic heterocycles. The molecule has 0 aliphatic heterocycles. The van der Waals surface area contributed by atoms with Crippen molar-refractivity contribution in [3.8, 4) is 0 Å². The predicted octanol–water partition coefficient (Wildman–Crippen LogP) is -8.88. The van der Waals surface area contributed by atoms with Crippen LogP contribution >= 0.6 is 0 Å². The normalized spacial score (nSPS) is 0. The van der Waals surface area contributed by atoms with E-state index < -0.39 is 0 Å². The van der Waals surface area contributed by atoms with E-state index in [1.165, 1.54) is 0 Å². The third-order valence-corrected chi connectivity index (χ3v) is 0. The Hall–Kier alpha value is 0.296. The number of halogens is 3. The van der Waals surface area contributed by atoms with E-state index in [1.807, 2.05) is 0 Å². The van der Waals surface area contributed by atoms with Crippen molar-refractivity contribution in [3.63, 3.8) is 0 Å². The van der Waals surface area contributed by atoms with E-state index in [0.29, 0.717) is 0 Å². The maximum atomic E-state index is 0. The van der Waals surface area contributed by atoms with Gasteiger partial charge in [-0.3, -0.25) is 0 Å². The van der Waals surface area contributed by atoms with Crippen LogP contribution < -0.4 is 14.1 Å². The zero-order chi connectivity index (χ0) is 0. The topological polar surface area (TPSA) is 0 Å². The van der Waals surface area contributed by atoms with Gasteiger partial charge in [0.05, 0.1) is 0 Å². The maximum Gasteiger partial charge on any atom is 2.00 e. The molecule has 0 spiro atoms. The number of hydrogen-bond donors (Lipinski definition) is 0. The zero-order valence-electron chi connectivity index (χ0n) is 2.47. The molecule has 0 saturated heterocycles. The first-order chi connectivity index (χ1) is 0. The summed E-state index contributed by atoms with van der Waals surface area (Å²) in [5.74, 6) is 0. The minimum atomic E-state index is 0. The smallest absolute Gasteiger partial charge is 1.00 e. The zero-order valence-corrected chi connectivity index (χ0v) is 2.51. The molecule has 0 unspecified atom stereocenters. The van der Waals surface area contributed by atoms with Gasteiger partial charge in [-0.2, -0.15) is 0 Å². The van der Waals surface area contributed by atoms with Crippen LogP contribution in [-0.4, -0.2) is 0 Å². The molecule has 0 aromatic rings. The molecule has 31 valence electrons. The maximum absolute atomic E-state index is 0. The van der Waals surface area contributed by atoms with Crippen LogP contribution in [-0.2, 0) is 16.8 Å². The molecule has 4 heteroatoms. The van der Waals surface area contributed by atoms with Crippen molar-refractivity contribution in [2.24, 2.45) is 0 Å². The fourth-order valence-corrected chi connectivity index (χ4v) is 0. The van der Waals surface area contributed by atoms with Gasteiger partial charge in [0, 0.05) is 0 Å². The van der Waals surface area contributed by atoms with E-state index in [9.17, 15) is 0 Å². The Bertz CT molecular complexity index is 6.85. The van der Waals surface area contributed by atoms with Crippen molar-refractivity contribution < 1.29 is 32.3 Å². The standard InChI is InChI=1S/Co.3FH/h;3*1H/q+2;;;/p-2. The van der Waals surface area contributed by atoms with Crippen molar-refractivity contribution in [2.75, 3.05) is 0 Å². The number of hydrogen-bond acceptors (Lipinski definition) is 0. The molecule has 0 fully saturated rings. The summed E-state index contributed by atoms with van der Waals surface area (Å²) in [7, 11) is 0. The molecular weight excluding hydrogens is 116 g/mol. The summed E-state index contributed by atoms with van der Waals surface area (Å²) in [5.41, 5.74) is 0. The van der Waals surface area contributed by atoms with Crippen LogP contribution in [0.2, 0.25) is 0 Å². The van der Waals surface area contributed by atoms with Gasteiger partial charge in [-0.05, 0) is 0 Å². The summed E-state index contributed by atoms with van der Waals surface area (Å²) in [6.07, 6.45) is 0. The number of rotatable bonds is 0. The SMILES string of the molecule is [Co+2].[F-].[F-].[F-].[H+]. The molecule has 0 bridgehead atoms. The molecular formula is HCoF3. The molecule has 0 aliphatic rings. The summed E-state index contributed by atoms with van der Waals surface area (Å²) in [6, 6.07) is 0. The first-order valence-electron chi connectivity index (χ1n) is 0. The Morgan fingerprint density at radius 1 is 0.750 bits per heavy atom. The Morgan fingerprint density at radius 2 is 0.750 bits per heavy atom. The van der Waals surface area contributed by atoms with Crippen molar-refractivity contribution in [2.45, 2.75) is 0 Å². The van der Waals surface area contributed by atoms with Crippen molar-refractivity contribution in [1.82, 2.24) is 0 Å². The molecule has 4 heavy (non-hydrogen) atoms. The van der Waals surface area contributed by atoms with Crippen LogP contribution in [0.25, 0.3) is 0 Å². The fraction of sp³-hybridized carbons (Fsp3) is 0. The summed E-state index contributed by atoms with van der Waals surface area (Å²) in [5, 5.41) is 0. The van der Waals surface area contributed by atoms with Crippen molar-refractivity contribution in [1.29, 1.82) is 0 Å². The van der Waals surface area contributed by atoms with Crippen LogP contribution in [0.5, 0.6) is 0 Å². The molecule has 1 radical (unpaired) electrons. The predicted molar refractivity (Wildman–Crippen MR) is 1.11 cm³/mol. The molecule has 0 rings (SSSR count). The Labute approximate surface area is 33.4 Å². The first-order valence-corrected chi connectivity index (χ1v) is 0. The third-order valence-electron chi connectivity index (χ3n) is 0. The van der Waals surface area contributed by atoms with Gasteiger partial charge in [0.1, 0.15) is 0 Å². The van der Waals surface area contributed by atoms with E-state index >= 15 is 0 Å². The molecule has 0 aromatic carbocycles. The Morgan fingerprint density at radius 3 is 0.750 bits per heavy atom. The van der Waals surface area contributed by atoms with E-state index in [1.54, 1.807) is 0 Å². The summed E-state index contributed by atoms with van der Waals surface area (Å²) in [4.78, 5) is 0. The average molecular weight is 117 g/mol. The molecule has 0 nitrogen and oxygen atoms in total.